The lowest BCUT2D eigenvalue weighted by molar-refractivity contribution is 0.408. The van der Waals surface area contributed by atoms with E-state index in [1.54, 1.807) is 13.3 Å². The summed E-state index contributed by atoms with van der Waals surface area (Å²) in [6.07, 6.45) is 3.79. The van der Waals surface area contributed by atoms with Crippen molar-refractivity contribution in [2.75, 3.05) is 7.11 Å². The molecule has 0 aliphatic carbocycles. The first-order valence-corrected chi connectivity index (χ1v) is 6.56. The molecule has 2 atom stereocenters. The molecule has 4 nitrogen and oxygen atoms in total. The lowest BCUT2D eigenvalue weighted by Crippen LogP contribution is -2.32. The molecule has 1 heterocycles. The summed E-state index contributed by atoms with van der Waals surface area (Å²) in [5, 5.41) is 7.79. The smallest absolute Gasteiger partial charge is 0.118 e. The third kappa shape index (κ3) is 3.83. The van der Waals surface area contributed by atoms with E-state index in [0.29, 0.717) is 12.1 Å². The maximum Gasteiger partial charge on any atom is 0.118 e. The topological polar surface area (TPSA) is 39.1 Å². The molecule has 0 fully saturated rings. The minimum Gasteiger partial charge on any atom is -0.497 e. The predicted molar refractivity (Wildman–Crippen MR) is 76.2 cm³/mol. The maximum absolute atomic E-state index is 5.17. The Balaban J connectivity index is 1.90. The molecule has 102 valence electrons. The van der Waals surface area contributed by atoms with E-state index in [0.717, 1.165) is 12.3 Å². The normalized spacial score (nSPS) is 14.1. The van der Waals surface area contributed by atoms with Crippen LogP contribution in [-0.2, 0) is 6.54 Å². The lowest BCUT2D eigenvalue weighted by atomic mass is 10.1. The Morgan fingerprint density at radius 3 is 2.58 bits per heavy atom. The summed E-state index contributed by atoms with van der Waals surface area (Å²) < 4.78 is 7.11. The van der Waals surface area contributed by atoms with E-state index in [4.69, 9.17) is 4.74 Å². The van der Waals surface area contributed by atoms with Crippen LogP contribution in [0.5, 0.6) is 5.75 Å². The highest BCUT2D eigenvalue weighted by Crippen LogP contribution is 2.17. The van der Waals surface area contributed by atoms with Crippen molar-refractivity contribution in [2.45, 2.75) is 32.5 Å². The molecule has 4 heteroatoms. The number of aromatic nitrogens is 2. The first-order valence-electron chi connectivity index (χ1n) is 6.56. The molecule has 19 heavy (non-hydrogen) atoms. The number of rotatable bonds is 6. The third-order valence-electron chi connectivity index (χ3n) is 3.17. The van der Waals surface area contributed by atoms with Crippen LogP contribution in [0, 0.1) is 0 Å². The highest BCUT2D eigenvalue weighted by Gasteiger charge is 2.10. The van der Waals surface area contributed by atoms with Gasteiger partial charge in [-0.1, -0.05) is 12.1 Å². The second-order valence-corrected chi connectivity index (χ2v) is 4.79. The average Bonchev–Trinajstić information content (AvgIpc) is 2.91. The fourth-order valence-electron chi connectivity index (χ4n) is 2.16. The van der Waals surface area contributed by atoms with Crippen LogP contribution < -0.4 is 10.1 Å². The van der Waals surface area contributed by atoms with Gasteiger partial charge in [0.15, 0.2) is 0 Å². The zero-order valence-corrected chi connectivity index (χ0v) is 11.7. The Morgan fingerprint density at radius 1 is 1.26 bits per heavy atom. The van der Waals surface area contributed by atoms with E-state index in [2.05, 4.69) is 36.4 Å². The van der Waals surface area contributed by atoms with Crippen LogP contribution >= 0.6 is 0 Å². The second-order valence-electron chi connectivity index (χ2n) is 4.79. The summed E-state index contributed by atoms with van der Waals surface area (Å²) in [5.74, 6) is 0.889. The second kappa shape index (κ2) is 6.38. The zero-order valence-electron chi connectivity index (χ0n) is 11.7. The highest BCUT2D eigenvalue weighted by molar-refractivity contribution is 5.28. The molecule has 1 aromatic heterocycles. The van der Waals surface area contributed by atoms with Crippen molar-refractivity contribution in [1.82, 2.24) is 15.1 Å². The van der Waals surface area contributed by atoms with Crippen molar-refractivity contribution in [1.29, 1.82) is 0 Å². The molecule has 1 N–H and O–H groups in total. The van der Waals surface area contributed by atoms with Gasteiger partial charge >= 0.3 is 0 Å². The van der Waals surface area contributed by atoms with Crippen molar-refractivity contribution in [3.63, 3.8) is 0 Å². The van der Waals surface area contributed by atoms with Gasteiger partial charge in [0.25, 0.3) is 0 Å². The Morgan fingerprint density at radius 2 is 2.00 bits per heavy atom. The SMILES string of the molecule is COc1ccc(C(C)NC(C)Cn2cccn2)cc1. The molecule has 0 spiro atoms. The van der Waals surface area contributed by atoms with Gasteiger partial charge in [0, 0.05) is 24.5 Å². The Labute approximate surface area is 114 Å². The largest absolute Gasteiger partial charge is 0.497 e. The molecule has 0 aliphatic heterocycles. The fraction of sp³-hybridized carbons (Fsp3) is 0.400. The van der Waals surface area contributed by atoms with E-state index in [1.165, 1.54) is 5.56 Å². The Kier molecular flexibility index (Phi) is 4.58. The highest BCUT2D eigenvalue weighted by atomic mass is 16.5. The van der Waals surface area contributed by atoms with Crippen molar-refractivity contribution in [3.8, 4) is 5.75 Å². The van der Waals surface area contributed by atoms with Crippen molar-refractivity contribution < 1.29 is 4.74 Å². The van der Waals surface area contributed by atoms with Crippen LogP contribution in [0.3, 0.4) is 0 Å². The van der Waals surface area contributed by atoms with Gasteiger partial charge < -0.3 is 10.1 Å². The minimum absolute atomic E-state index is 0.302. The first-order chi connectivity index (χ1) is 9.19. The van der Waals surface area contributed by atoms with Crippen molar-refractivity contribution in [2.24, 2.45) is 0 Å². The fourth-order valence-corrected chi connectivity index (χ4v) is 2.16. The van der Waals surface area contributed by atoms with Crippen molar-refractivity contribution in [3.05, 3.63) is 48.3 Å². The lowest BCUT2D eigenvalue weighted by Gasteiger charge is -2.20. The van der Waals surface area contributed by atoms with Crippen LogP contribution in [0.1, 0.15) is 25.5 Å². The van der Waals surface area contributed by atoms with Gasteiger partial charge in [-0.3, -0.25) is 4.68 Å². The van der Waals surface area contributed by atoms with Gasteiger partial charge in [-0.05, 0) is 37.6 Å². The quantitative estimate of drug-likeness (QED) is 0.866. The predicted octanol–water partition coefficient (Wildman–Crippen LogP) is 2.63. The van der Waals surface area contributed by atoms with Gasteiger partial charge in [0.2, 0.25) is 0 Å². The number of hydrogen-bond acceptors (Lipinski definition) is 3. The van der Waals surface area contributed by atoms with E-state index in [1.807, 2.05) is 29.1 Å². The molecule has 0 aliphatic rings. The molecule has 0 radical (unpaired) electrons. The summed E-state index contributed by atoms with van der Waals surface area (Å²) in [4.78, 5) is 0. The number of methoxy groups -OCH3 is 1. The molecule has 0 amide bonds. The molecular formula is C15H21N3O. The van der Waals surface area contributed by atoms with E-state index < -0.39 is 0 Å². The van der Waals surface area contributed by atoms with Gasteiger partial charge in [-0.2, -0.15) is 5.10 Å². The minimum atomic E-state index is 0.302. The van der Waals surface area contributed by atoms with Crippen molar-refractivity contribution >= 4 is 0 Å². The molecule has 2 aromatic rings. The molecule has 2 unspecified atom stereocenters. The van der Waals surface area contributed by atoms with E-state index >= 15 is 0 Å². The molecular weight excluding hydrogens is 238 g/mol. The molecule has 2 rings (SSSR count). The Bertz CT molecular complexity index is 479. The first kappa shape index (κ1) is 13.6. The summed E-state index contributed by atoms with van der Waals surface area (Å²) in [6, 6.07) is 10.8. The molecule has 1 aromatic carbocycles. The third-order valence-corrected chi connectivity index (χ3v) is 3.17. The summed E-state index contributed by atoms with van der Waals surface area (Å²) in [5.41, 5.74) is 1.26. The van der Waals surface area contributed by atoms with Gasteiger partial charge in [0.05, 0.1) is 13.7 Å². The number of hydrogen-bond donors (Lipinski definition) is 1. The van der Waals surface area contributed by atoms with Crippen LogP contribution in [0.4, 0.5) is 0 Å². The molecule has 0 bridgehead atoms. The molecule has 0 saturated heterocycles. The van der Waals surface area contributed by atoms with E-state index in [-0.39, 0.29) is 0 Å². The average molecular weight is 259 g/mol. The van der Waals surface area contributed by atoms with Gasteiger partial charge in [0.1, 0.15) is 5.75 Å². The number of nitrogens with zero attached hydrogens (tertiary/aromatic N) is 2. The summed E-state index contributed by atoms with van der Waals surface area (Å²) in [6.45, 7) is 5.20. The van der Waals surface area contributed by atoms with Crippen LogP contribution in [0.25, 0.3) is 0 Å². The molecule has 0 saturated carbocycles. The Hall–Kier alpha value is -1.81. The van der Waals surface area contributed by atoms with Crippen LogP contribution in [-0.4, -0.2) is 22.9 Å². The number of ether oxygens (including phenoxy) is 1. The van der Waals surface area contributed by atoms with Crippen LogP contribution in [0.15, 0.2) is 42.7 Å². The van der Waals surface area contributed by atoms with Gasteiger partial charge in [-0.15, -0.1) is 0 Å². The van der Waals surface area contributed by atoms with Gasteiger partial charge in [-0.25, -0.2) is 0 Å². The number of benzene rings is 1. The maximum atomic E-state index is 5.17. The summed E-state index contributed by atoms with van der Waals surface area (Å²) >= 11 is 0. The number of nitrogens with one attached hydrogen (secondary N) is 1. The standard InChI is InChI=1S/C15H21N3O/c1-12(11-18-10-4-9-16-18)17-13(2)14-5-7-15(19-3)8-6-14/h4-10,12-13,17H,11H2,1-3H3. The van der Waals surface area contributed by atoms with Crippen LogP contribution in [0.2, 0.25) is 0 Å². The zero-order chi connectivity index (χ0) is 13.7. The van der Waals surface area contributed by atoms with E-state index in [9.17, 15) is 0 Å². The summed E-state index contributed by atoms with van der Waals surface area (Å²) in [7, 11) is 1.68. The monoisotopic (exact) mass is 259 g/mol.